The first kappa shape index (κ1) is 10.5. The van der Waals surface area contributed by atoms with Gasteiger partial charge < -0.3 is 14.0 Å². The minimum atomic E-state index is -1.04. The predicted octanol–water partition coefficient (Wildman–Crippen LogP) is 0.137. The normalized spacial score (nSPS) is 12.5. The highest BCUT2D eigenvalue weighted by molar-refractivity contribution is 5.76. The van der Waals surface area contributed by atoms with Crippen molar-refractivity contribution in [1.82, 2.24) is 5.16 Å². The van der Waals surface area contributed by atoms with Crippen LogP contribution in [-0.4, -0.2) is 25.3 Å². The van der Waals surface area contributed by atoms with E-state index in [0.29, 0.717) is 5.76 Å². The Morgan fingerprint density at radius 3 is 2.50 bits per heavy atom. The zero-order valence-electron chi connectivity index (χ0n) is 8.12. The lowest BCUT2D eigenvalue weighted by Gasteiger charge is -2.09. The van der Waals surface area contributed by atoms with Gasteiger partial charge in [-0.15, -0.1) is 0 Å². The Hall–Kier alpha value is -1.56. The monoisotopic (exact) mass is 201 g/mol. The number of rotatable bonds is 3. The van der Waals surface area contributed by atoms with Crippen molar-refractivity contribution in [2.75, 3.05) is 14.2 Å². The van der Waals surface area contributed by atoms with Gasteiger partial charge in [0.2, 0.25) is 0 Å². The minimum absolute atomic E-state index is 0.138. The number of methoxy groups -OCH3 is 2. The Bertz CT molecular complexity index is 377. The molecule has 14 heavy (non-hydrogen) atoms. The van der Waals surface area contributed by atoms with E-state index in [9.17, 15) is 9.59 Å². The van der Waals surface area contributed by atoms with Gasteiger partial charge >= 0.3 is 5.97 Å². The summed E-state index contributed by atoms with van der Waals surface area (Å²) in [6, 6.07) is 0. The number of esters is 1. The molecule has 1 rings (SSSR count). The zero-order chi connectivity index (χ0) is 10.7. The van der Waals surface area contributed by atoms with Gasteiger partial charge in [-0.05, 0) is 6.92 Å². The average molecular weight is 201 g/mol. The lowest BCUT2D eigenvalue weighted by molar-refractivity contribution is -0.152. The summed E-state index contributed by atoms with van der Waals surface area (Å²) >= 11 is 0. The van der Waals surface area contributed by atoms with Gasteiger partial charge in [0.1, 0.15) is 11.3 Å². The fraction of sp³-hybridized carbons (Fsp3) is 0.500. The molecule has 0 radical (unpaired) electrons. The van der Waals surface area contributed by atoms with Gasteiger partial charge in [-0.3, -0.25) is 4.79 Å². The molecule has 6 nitrogen and oxygen atoms in total. The Morgan fingerprint density at radius 2 is 2.14 bits per heavy atom. The number of aromatic nitrogens is 1. The molecular formula is C8H11NO5. The highest BCUT2D eigenvalue weighted by atomic mass is 16.6. The smallest absolute Gasteiger partial charge is 0.340 e. The van der Waals surface area contributed by atoms with Gasteiger partial charge in [0.15, 0.2) is 6.10 Å². The maximum Gasteiger partial charge on any atom is 0.340 e. The van der Waals surface area contributed by atoms with Crippen LogP contribution in [0.2, 0.25) is 0 Å². The van der Waals surface area contributed by atoms with Crippen molar-refractivity contribution >= 4 is 5.97 Å². The molecular weight excluding hydrogens is 190 g/mol. The Morgan fingerprint density at radius 1 is 1.50 bits per heavy atom. The number of aryl methyl sites for hydroxylation is 1. The van der Waals surface area contributed by atoms with E-state index in [1.165, 1.54) is 14.2 Å². The van der Waals surface area contributed by atoms with Crippen LogP contribution in [0.25, 0.3) is 0 Å². The summed E-state index contributed by atoms with van der Waals surface area (Å²) in [6.45, 7) is 1.56. The molecule has 0 aliphatic heterocycles. The topological polar surface area (TPSA) is 81.5 Å². The van der Waals surface area contributed by atoms with Crippen LogP contribution in [0.3, 0.4) is 0 Å². The molecule has 0 saturated carbocycles. The standard InChI is InChI=1S/C8H11NO5/c1-4-5(7(10)9-14-4)6(12-2)8(11)13-3/h6H,1-3H3,(H,9,10). The number of hydrogen-bond donors (Lipinski definition) is 1. The molecule has 78 valence electrons. The first-order valence-corrected chi connectivity index (χ1v) is 3.90. The van der Waals surface area contributed by atoms with E-state index in [1.54, 1.807) is 6.92 Å². The summed E-state index contributed by atoms with van der Waals surface area (Å²) in [5, 5.41) is 2.11. The summed E-state index contributed by atoms with van der Waals surface area (Å²) in [5.41, 5.74) is -0.348. The van der Waals surface area contributed by atoms with Gasteiger partial charge in [0.05, 0.1) is 7.11 Å². The van der Waals surface area contributed by atoms with Crippen molar-refractivity contribution in [3.63, 3.8) is 0 Å². The van der Waals surface area contributed by atoms with Crippen molar-refractivity contribution in [2.45, 2.75) is 13.0 Å². The Labute approximate surface area is 79.8 Å². The number of H-pyrrole nitrogens is 1. The number of carbonyl (C=O) groups excluding carboxylic acids is 1. The maximum absolute atomic E-state index is 11.2. The van der Waals surface area contributed by atoms with E-state index in [1.807, 2.05) is 0 Å². The van der Waals surface area contributed by atoms with Crippen molar-refractivity contribution < 1.29 is 18.8 Å². The Kier molecular flexibility index (Phi) is 3.08. The van der Waals surface area contributed by atoms with E-state index in [-0.39, 0.29) is 5.56 Å². The third-order valence-corrected chi connectivity index (χ3v) is 1.83. The van der Waals surface area contributed by atoms with E-state index >= 15 is 0 Å². The van der Waals surface area contributed by atoms with Crippen LogP contribution in [0.4, 0.5) is 0 Å². The van der Waals surface area contributed by atoms with Gasteiger partial charge in [-0.2, -0.15) is 5.16 Å². The predicted molar refractivity (Wildman–Crippen MR) is 45.8 cm³/mol. The van der Waals surface area contributed by atoms with Gasteiger partial charge in [0, 0.05) is 7.11 Å². The second-order valence-corrected chi connectivity index (χ2v) is 2.64. The number of carbonyl (C=O) groups is 1. The van der Waals surface area contributed by atoms with Crippen molar-refractivity contribution in [3.05, 3.63) is 21.7 Å². The SMILES string of the molecule is COC(=O)C(OC)c1c(C)o[nH]c1=O. The Balaban J connectivity index is 3.12. The fourth-order valence-corrected chi connectivity index (χ4v) is 1.14. The van der Waals surface area contributed by atoms with Crippen LogP contribution in [0.1, 0.15) is 17.4 Å². The summed E-state index contributed by atoms with van der Waals surface area (Å²) in [7, 11) is 2.53. The van der Waals surface area contributed by atoms with Gasteiger partial charge in [-0.25, -0.2) is 4.79 Å². The summed E-state index contributed by atoms with van der Waals surface area (Å²) < 4.78 is 14.1. The van der Waals surface area contributed by atoms with E-state index in [0.717, 1.165) is 0 Å². The molecule has 0 aromatic carbocycles. The molecule has 0 amide bonds. The molecule has 0 saturated heterocycles. The van der Waals surface area contributed by atoms with Crippen LogP contribution in [0.15, 0.2) is 9.32 Å². The number of nitrogens with one attached hydrogen (secondary N) is 1. The zero-order valence-corrected chi connectivity index (χ0v) is 8.12. The van der Waals surface area contributed by atoms with Crippen molar-refractivity contribution in [3.8, 4) is 0 Å². The molecule has 0 fully saturated rings. The highest BCUT2D eigenvalue weighted by Crippen LogP contribution is 2.17. The maximum atomic E-state index is 11.2. The van der Waals surface area contributed by atoms with Crippen molar-refractivity contribution in [2.24, 2.45) is 0 Å². The molecule has 0 aliphatic carbocycles. The van der Waals surface area contributed by atoms with Crippen LogP contribution in [0, 0.1) is 6.92 Å². The first-order chi connectivity index (χ1) is 6.61. The molecule has 0 aliphatic rings. The molecule has 1 aromatic heterocycles. The molecule has 0 spiro atoms. The van der Waals surface area contributed by atoms with Gasteiger partial charge in [-0.1, -0.05) is 0 Å². The lowest BCUT2D eigenvalue weighted by Crippen LogP contribution is -2.22. The van der Waals surface area contributed by atoms with Crippen molar-refractivity contribution in [1.29, 1.82) is 0 Å². The van der Waals surface area contributed by atoms with Crippen LogP contribution < -0.4 is 5.56 Å². The lowest BCUT2D eigenvalue weighted by atomic mass is 10.1. The van der Waals surface area contributed by atoms with E-state index in [4.69, 9.17) is 9.26 Å². The number of hydrogen-bond acceptors (Lipinski definition) is 5. The summed E-state index contributed by atoms with van der Waals surface area (Å²) in [6.07, 6.45) is -1.04. The average Bonchev–Trinajstić information content (AvgIpc) is 2.50. The molecule has 1 atom stereocenters. The van der Waals surface area contributed by atoms with Crippen LogP contribution >= 0.6 is 0 Å². The molecule has 1 aromatic rings. The highest BCUT2D eigenvalue weighted by Gasteiger charge is 2.27. The third kappa shape index (κ3) is 1.69. The minimum Gasteiger partial charge on any atom is -0.467 e. The first-order valence-electron chi connectivity index (χ1n) is 3.90. The molecule has 0 bridgehead atoms. The summed E-state index contributed by atoms with van der Waals surface area (Å²) in [5.74, 6) is -0.324. The molecule has 1 unspecified atom stereocenters. The van der Waals surface area contributed by atoms with Crippen LogP contribution in [0.5, 0.6) is 0 Å². The third-order valence-electron chi connectivity index (χ3n) is 1.83. The van der Waals surface area contributed by atoms with E-state index in [2.05, 4.69) is 9.89 Å². The quantitative estimate of drug-likeness (QED) is 0.703. The number of ether oxygens (including phenoxy) is 2. The van der Waals surface area contributed by atoms with Crippen LogP contribution in [-0.2, 0) is 14.3 Å². The molecule has 1 N–H and O–H groups in total. The van der Waals surface area contributed by atoms with Gasteiger partial charge in [0.25, 0.3) is 5.56 Å². The molecule has 6 heteroatoms. The number of aromatic amines is 1. The second kappa shape index (κ2) is 4.10. The van der Waals surface area contributed by atoms with E-state index < -0.39 is 17.6 Å². The second-order valence-electron chi connectivity index (χ2n) is 2.64. The fourth-order valence-electron chi connectivity index (χ4n) is 1.14. The largest absolute Gasteiger partial charge is 0.467 e. The molecule has 1 heterocycles. The summed E-state index contributed by atoms with van der Waals surface area (Å²) in [4.78, 5) is 22.4.